The number of aliphatic hydroxyl groups excluding tert-OH is 1. The summed E-state index contributed by atoms with van der Waals surface area (Å²) in [5.74, 6) is 0.379. The van der Waals surface area contributed by atoms with Crippen molar-refractivity contribution >= 4 is 34.8 Å². The first kappa shape index (κ1) is 14.2. The molecular weight excluding hydrogens is 298 g/mol. The smallest absolute Gasteiger partial charge is 0.157 e. The molecule has 0 heterocycles. The van der Waals surface area contributed by atoms with Gasteiger partial charge in [0.25, 0.3) is 0 Å². The number of hydrogen-bond donors (Lipinski definition) is 1. The molecule has 0 saturated heterocycles. The van der Waals surface area contributed by atoms with Crippen LogP contribution < -0.4 is 4.74 Å². The topological polar surface area (TPSA) is 38.7 Å². The Morgan fingerprint density at radius 2 is 1.89 bits per heavy atom. The van der Waals surface area contributed by atoms with Crippen LogP contribution in [0.15, 0.2) is 12.1 Å². The lowest BCUT2D eigenvalue weighted by molar-refractivity contribution is -0.160. The summed E-state index contributed by atoms with van der Waals surface area (Å²) < 4.78 is 11.1. The van der Waals surface area contributed by atoms with Gasteiger partial charge in [-0.05, 0) is 19.1 Å². The molecule has 1 aliphatic carbocycles. The second-order valence-corrected chi connectivity index (χ2v) is 5.33. The van der Waals surface area contributed by atoms with E-state index in [0.29, 0.717) is 33.8 Å². The van der Waals surface area contributed by atoms with E-state index in [-0.39, 0.29) is 12.2 Å². The maximum absolute atomic E-state index is 9.58. The van der Waals surface area contributed by atoms with Crippen molar-refractivity contribution in [3.05, 3.63) is 27.2 Å². The summed E-state index contributed by atoms with van der Waals surface area (Å²) in [6, 6.07) is 3.13. The van der Waals surface area contributed by atoms with Crippen LogP contribution in [0.3, 0.4) is 0 Å². The third-order valence-electron chi connectivity index (χ3n) is 2.81. The Labute approximate surface area is 121 Å². The van der Waals surface area contributed by atoms with Gasteiger partial charge in [0.2, 0.25) is 0 Å². The van der Waals surface area contributed by atoms with E-state index >= 15 is 0 Å². The van der Waals surface area contributed by atoms with Crippen LogP contribution in [0.5, 0.6) is 5.75 Å². The number of ether oxygens (including phenoxy) is 2. The molecule has 3 atom stereocenters. The lowest BCUT2D eigenvalue weighted by Crippen LogP contribution is -2.55. The summed E-state index contributed by atoms with van der Waals surface area (Å²) in [6.07, 6.45) is -0.575. The zero-order chi connectivity index (χ0) is 13.3. The number of hydrogen-bond acceptors (Lipinski definition) is 3. The van der Waals surface area contributed by atoms with Crippen molar-refractivity contribution in [1.29, 1.82) is 0 Å². The molecule has 0 spiro atoms. The highest BCUT2D eigenvalue weighted by atomic mass is 35.5. The van der Waals surface area contributed by atoms with Crippen LogP contribution >= 0.6 is 34.8 Å². The SMILES string of the molecule is CCOC1C(O)CC1Oc1c(Cl)cc(Cl)cc1Cl. The van der Waals surface area contributed by atoms with Crippen LogP contribution in [0.4, 0.5) is 0 Å². The molecule has 1 saturated carbocycles. The highest BCUT2D eigenvalue weighted by Gasteiger charge is 2.43. The zero-order valence-corrected chi connectivity index (χ0v) is 12.0. The van der Waals surface area contributed by atoms with Gasteiger partial charge in [0.15, 0.2) is 5.75 Å². The molecule has 0 bridgehead atoms. The van der Waals surface area contributed by atoms with E-state index in [4.69, 9.17) is 44.3 Å². The molecule has 1 N–H and O–H groups in total. The predicted molar refractivity (Wildman–Crippen MR) is 71.9 cm³/mol. The summed E-state index contributed by atoms with van der Waals surface area (Å²) in [6.45, 7) is 2.38. The van der Waals surface area contributed by atoms with E-state index in [2.05, 4.69) is 0 Å². The van der Waals surface area contributed by atoms with Gasteiger partial charge in [-0.3, -0.25) is 0 Å². The Morgan fingerprint density at radius 3 is 2.39 bits per heavy atom. The summed E-state index contributed by atoms with van der Waals surface area (Å²) in [4.78, 5) is 0. The molecule has 0 aliphatic heterocycles. The Balaban J connectivity index is 2.10. The number of halogens is 3. The molecular formula is C12H13Cl3O3. The molecule has 3 unspecified atom stereocenters. The van der Waals surface area contributed by atoms with E-state index in [1.807, 2.05) is 6.92 Å². The molecule has 1 aromatic carbocycles. The largest absolute Gasteiger partial charge is 0.484 e. The van der Waals surface area contributed by atoms with Gasteiger partial charge < -0.3 is 14.6 Å². The minimum Gasteiger partial charge on any atom is -0.484 e. The number of rotatable bonds is 4. The zero-order valence-electron chi connectivity index (χ0n) is 9.70. The Morgan fingerprint density at radius 1 is 1.28 bits per heavy atom. The maximum Gasteiger partial charge on any atom is 0.157 e. The monoisotopic (exact) mass is 310 g/mol. The normalized spacial score (nSPS) is 26.8. The highest BCUT2D eigenvalue weighted by molar-refractivity contribution is 6.40. The molecule has 0 aromatic heterocycles. The summed E-state index contributed by atoms with van der Waals surface area (Å²) in [5, 5.41) is 10.7. The first-order valence-electron chi connectivity index (χ1n) is 5.63. The first-order chi connectivity index (χ1) is 8.52. The van der Waals surface area contributed by atoms with E-state index in [0.717, 1.165) is 0 Å². The second-order valence-electron chi connectivity index (χ2n) is 4.08. The van der Waals surface area contributed by atoms with E-state index < -0.39 is 6.10 Å². The number of benzene rings is 1. The molecule has 100 valence electrons. The van der Waals surface area contributed by atoms with Crippen LogP contribution in [0.1, 0.15) is 13.3 Å². The van der Waals surface area contributed by atoms with Crippen molar-refractivity contribution in [3.8, 4) is 5.75 Å². The summed E-state index contributed by atoms with van der Waals surface area (Å²) in [7, 11) is 0. The van der Waals surface area contributed by atoms with Gasteiger partial charge in [0.05, 0.1) is 16.1 Å². The van der Waals surface area contributed by atoms with Gasteiger partial charge in [-0.25, -0.2) is 0 Å². The summed E-state index contributed by atoms with van der Waals surface area (Å²) >= 11 is 17.9. The van der Waals surface area contributed by atoms with Gasteiger partial charge in [-0.15, -0.1) is 0 Å². The molecule has 2 rings (SSSR count). The number of aliphatic hydroxyl groups is 1. The minimum atomic E-state index is -0.500. The van der Waals surface area contributed by atoms with Crippen molar-refractivity contribution in [2.75, 3.05) is 6.61 Å². The third kappa shape index (κ3) is 2.86. The molecule has 6 heteroatoms. The molecule has 0 amide bonds. The van der Waals surface area contributed by atoms with Crippen LogP contribution in [0.25, 0.3) is 0 Å². The van der Waals surface area contributed by atoms with Crippen LogP contribution in [0, 0.1) is 0 Å². The molecule has 3 nitrogen and oxygen atoms in total. The Kier molecular flexibility index (Phi) is 4.62. The van der Waals surface area contributed by atoms with E-state index in [1.165, 1.54) is 0 Å². The van der Waals surface area contributed by atoms with Crippen molar-refractivity contribution in [2.24, 2.45) is 0 Å². The standard InChI is InChI=1S/C12H13Cl3O3/c1-2-17-12-9(16)5-10(12)18-11-7(14)3-6(13)4-8(11)15/h3-4,9-10,12,16H,2,5H2,1H3. The molecule has 1 aromatic rings. The lowest BCUT2D eigenvalue weighted by atomic mass is 9.88. The van der Waals surface area contributed by atoms with Gasteiger partial charge in [-0.1, -0.05) is 34.8 Å². The highest BCUT2D eigenvalue weighted by Crippen LogP contribution is 2.39. The van der Waals surface area contributed by atoms with Crippen molar-refractivity contribution in [2.45, 2.75) is 31.7 Å². The van der Waals surface area contributed by atoms with Gasteiger partial charge in [0, 0.05) is 18.1 Å². The van der Waals surface area contributed by atoms with Crippen molar-refractivity contribution < 1.29 is 14.6 Å². The van der Waals surface area contributed by atoms with Gasteiger partial charge in [0.1, 0.15) is 12.2 Å². The Hall–Kier alpha value is -0.190. The molecule has 1 fully saturated rings. The fourth-order valence-electron chi connectivity index (χ4n) is 1.88. The minimum absolute atomic E-state index is 0.240. The first-order valence-corrected chi connectivity index (χ1v) is 6.77. The quantitative estimate of drug-likeness (QED) is 0.924. The maximum atomic E-state index is 9.58. The average Bonchev–Trinajstić information content (AvgIpc) is 2.29. The fraction of sp³-hybridized carbons (Fsp3) is 0.500. The van der Waals surface area contributed by atoms with E-state index in [9.17, 15) is 5.11 Å². The lowest BCUT2D eigenvalue weighted by Gasteiger charge is -2.40. The van der Waals surface area contributed by atoms with Gasteiger partial charge >= 0.3 is 0 Å². The average molecular weight is 312 g/mol. The predicted octanol–water partition coefficient (Wildman–Crippen LogP) is 3.56. The van der Waals surface area contributed by atoms with Crippen molar-refractivity contribution in [1.82, 2.24) is 0 Å². The molecule has 18 heavy (non-hydrogen) atoms. The molecule has 1 aliphatic rings. The second kappa shape index (κ2) is 5.85. The fourth-order valence-corrected chi connectivity index (χ4v) is 2.78. The summed E-state index contributed by atoms with van der Waals surface area (Å²) in [5.41, 5.74) is 0. The van der Waals surface area contributed by atoms with Gasteiger partial charge in [-0.2, -0.15) is 0 Å². The van der Waals surface area contributed by atoms with Crippen LogP contribution in [-0.4, -0.2) is 30.0 Å². The van der Waals surface area contributed by atoms with Crippen molar-refractivity contribution in [3.63, 3.8) is 0 Å². The van der Waals surface area contributed by atoms with Crippen LogP contribution in [0.2, 0.25) is 15.1 Å². The Bertz CT molecular complexity index is 416. The molecule has 0 radical (unpaired) electrons. The van der Waals surface area contributed by atoms with Crippen LogP contribution in [-0.2, 0) is 4.74 Å². The third-order valence-corrected chi connectivity index (χ3v) is 3.59. The van der Waals surface area contributed by atoms with E-state index in [1.54, 1.807) is 12.1 Å².